The SMILES string of the molecule is CC(C)OC(=O)N1CCC(Nc2ncnc3c(-c4ccc(S(C)(=O)=O)c(F)c4)csc23)CC1. The van der Waals surface area contributed by atoms with E-state index in [0.29, 0.717) is 35.6 Å². The van der Waals surface area contributed by atoms with Gasteiger partial charge >= 0.3 is 6.09 Å². The Morgan fingerprint density at radius 3 is 2.64 bits per heavy atom. The summed E-state index contributed by atoms with van der Waals surface area (Å²) in [6.45, 7) is 4.85. The molecule has 176 valence electrons. The van der Waals surface area contributed by atoms with Crippen molar-refractivity contribution in [3.8, 4) is 11.1 Å². The molecular weight excluding hydrogens is 467 g/mol. The molecular formula is C22H25FN4O4S2. The van der Waals surface area contributed by atoms with Crippen LogP contribution < -0.4 is 5.32 Å². The Labute approximate surface area is 195 Å². The van der Waals surface area contributed by atoms with Crippen molar-refractivity contribution in [2.45, 2.75) is 43.7 Å². The minimum absolute atomic E-state index is 0.142. The zero-order valence-electron chi connectivity index (χ0n) is 18.5. The molecule has 1 N–H and O–H groups in total. The van der Waals surface area contributed by atoms with Gasteiger partial charge in [-0.3, -0.25) is 0 Å². The quantitative estimate of drug-likeness (QED) is 0.566. The summed E-state index contributed by atoms with van der Waals surface area (Å²) in [5.74, 6) is -0.0998. The zero-order chi connectivity index (χ0) is 23.8. The van der Waals surface area contributed by atoms with E-state index in [1.807, 2.05) is 19.2 Å². The molecule has 3 heterocycles. The van der Waals surface area contributed by atoms with Gasteiger partial charge in [0, 0.05) is 36.3 Å². The molecule has 3 aromatic rings. The molecule has 0 bridgehead atoms. The number of carbonyl (C=O) groups is 1. The molecule has 1 aromatic carbocycles. The van der Waals surface area contributed by atoms with Crippen LogP contribution in [-0.2, 0) is 14.6 Å². The maximum Gasteiger partial charge on any atom is 0.410 e. The Kier molecular flexibility index (Phi) is 6.53. The highest BCUT2D eigenvalue weighted by Crippen LogP contribution is 2.37. The summed E-state index contributed by atoms with van der Waals surface area (Å²) in [4.78, 5) is 22.3. The number of rotatable bonds is 5. The largest absolute Gasteiger partial charge is 0.447 e. The molecule has 0 atom stereocenters. The molecule has 0 unspecified atom stereocenters. The van der Waals surface area contributed by atoms with Crippen molar-refractivity contribution in [2.75, 3.05) is 24.7 Å². The molecule has 0 radical (unpaired) electrons. The van der Waals surface area contributed by atoms with Gasteiger partial charge in [-0.15, -0.1) is 11.3 Å². The Balaban J connectivity index is 1.52. The second-order valence-corrected chi connectivity index (χ2v) is 11.2. The van der Waals surface area contributed by atoms with Gasteiger partial charge in [-0.2, -0.15) is 0 Å². The third-order valence-corrected chi connectivity index (χ3v) is 7.53. The van der Waals surface area contributed by atoms with Crippen LogP contribution >= 0.6 is 11.3 Å². The highest BCUT2D eigenvalue weighted by atomic mass is 32.2. The van der Waals surface area contributed by atoms with Crippen LogP contribution in [0.15, 0.2) is 34.8 Å². The number of carbonyl (C=O) groups excluding carboxylic acids is 1. The lowest BCUT2D eigenvalue weighted by Gasteiger charge is -2.32. The van der Waals surface area contributed by atoms with Crippen molar-refractivity contribution < 1.29 is 22.3 Å². The fourth-order valence-corrected chi connectivity index (χ4v) is 5.51. The molecule has 1 fully saturated rings. The highest BCUT2D eigenvalue weighted by molar-refractivity contribution is 7.90. The third-order valence-electron chi connectivity index (χ3n) is 5.43. The monoisotopic (exact) mass is 492 g/mol. The molecule has 0 spiro atoms. The summed E-state index contributed by atoms with van der Waals surface area (Å²) in [6, 6.07) is 4.23. The predicted octanol–water partition coefficient (Wildman–Crippen LogP) is 4.32. The minimum Gasteiger partial charge on any atom is -0.447 e. The number of ether oxygens (including phenoxy) is 1. The first-order valence-electron chi connectivity index (χ1n) is 10.6. The first kappa shape index (κ1) is 23.4. The van der Waals surface area contributed by atoms with Crippen LogP contribution in [-0.4, -0.2) is 60.9 Å². The maximum absolute atomic E-state index is 14.4. The molecule has 2 aromatic heterocycles. The number of hydrogen-bond donors (Lipinski definition) is 1. The lowest BCUT2D eigenvalue weighted by Crippen LogP contribution is -2.43. The maximum atomic E-state index is 14.4. The predicted molar refractivity (Wildman–Crippen MR) is 126 cm³/mol. The number of hydrogen-bond acceptors (Lipinski definition) is 8. The number of anilines is 1. The summed E-state index contributed by atoms with van der Waals surface area (Å²) in [6.07, 6.45) is 3.52. The summed E-state index contributed by atoms with van der Waals surface area (Å²) in [7, 11) is -3.64. The normalized spacial score (nSPS) is 15.2. The summed E-state index contributed by atoms with van der Waals surface area (Å²) < 4.78 is 43.9. The van der Waals surface area contributed by atoms with E-state index in [-0.39, 0.29) is 23.1 Å². The van der Waals surface area contributed by atoms with Crippen molar-refractivity contribution in [2.24, 2.45) is 0 Å². The van der Waals surface area contributed by atoms with Crippen LogP contribution in [0.2, 0.25) is 0 Å². The molecule has 0 aliphatic carbocycles. The Hall–Kier alpha value is -2.79. The van der Waals surface area contributed by atoms with E-state index >= 15 is 0 Å². The lowest BCUT2D eigenvalue weighted by molar-refractivity contribution is 0.0701. The molecule has 0 saturated carbocycles. The molecule has 1 aliphatic rings. The number of nitrogens with one attached hydrogen (secondary N) is 1. The van der Waals surface area contributed by atoms with Gasteiger partial charge in [0.25, 0.3) is 0 Å². The first-order chi connectivity index (χ1) is 15.6. The number of aromatic nitrogens is 2. The number of likely N-dealkylation sites (tertiary alicyclic amines) is 1. The summed E-state index contributed by atoms with van der Waals surface area (Å²) in [5.41, 5.74) is 1.93. The standard InChI is InChI=1S/C22H25FN4O4S2/c1-13(2)31-22(28)27-8-6-15(7-9-27)26-21-20-19(24-12-25-21)16(11-32-20)14-4-5-18(17(23)10-14)33(3,29)30/h4-5,10-13,15H,6-9H2,1-3H3,(H,24,25,26). The Morgan fingerprint density at radius 1 is 1.27 bits per heavy atom. The van der Waals surface area contributed by atoms with Gasteiger partial charge < -0.3 is 15.0 Å². The van der Waals surface area contributed by atoms with Crippen LogP contribution in [0.25, 0.3) is 21.3 Å². The average molecular weight is 493 g/mol. The molecule has 1 aliphatic heterocycles. The van der Waals surface area contributed by atoms with Crippen LogP contribution in [0.5, 0.6) is 0 Å². The van der Waals surface area contributed by atoms with E-state index in [4.69, 9.17) is 4.74 Å². The Bertz CT molecular complexity index is 1280. The van der Waals surface area contributed by atoms with E-state index in [2.05, 4.69) is 15.3 Å². The number of sulfone groups is 1. The zero-order valence-corrected chi connectivity index (χ0v) is 20.2. The van der Waals surface area contributed by atoms with Crippen molar-refractivity contribution >= 4 is 43.3 Å². The van der Waals surface area contributed by atoms with Crippen LogP contribution in [0.1, 0.15) is 26.7 Å². The van der Waals surface area contributed by atoms with Gasteiger partial charge in [-0.25, -0.2) is 27.6 Å². The number of piperidine rings is 1. The first-order valence-corrected chi connectivity index (χ1v) is 13.3. The number of nitrogens with zero attached hydrogens (tertiary/aromatic N) is 3. The average Bonchev–Trinajstić information content (AvgIpc) is 3.18. The minimum atomic E-state index is -3.64. The lowest BCUT2D eigenvalue weighted by atomic mass is 10.1. The number of fused-ring (bicyclic) bond motifs is 1. The van der Waals surface area contributed by atoms with Gasteiger partial charge in [0.05, 0.1) is 16.3 Å². The number of thiophene rings is 1. The Morgan fingerprint density at radius 2 is 2.00 bits per heavy atom. The van der Waals surface area contributed by atoms with Gasteiger partial charge in [-0.05, 0) is 44.4 Å². The van der Waals surface area contributed by atoms with E-state index in [9.17, 15) is 17.6 Å². The molecule has 8 nitrogen and oxygen atoms in total. The number of amides is 1. The van der Waals surface area contributed by atoms with E-state index in [1.165, 1.54) is 29.8 Å². The number of halogens is 1. The molecule has 33 heavy (non-hydrogen) atoms. The van der Waals surface area contributed by atoms with E-state index in [1.54, 1.807) is 11.0 Å². The molecule has 4 rings (SSSR count). The third kappa shape index (κ3) is 5.09. The van der Waals surface area contributed by atoms with Crippen LogP contribution in [0, 0.1) is 5.82 Å². The van der Waals surface area contributed by atoms with E-state index in [0.717, 1.165) is 23.8 Å². The van der Waals surface area contributed by atoms with Gasteiger partial charge in [0.1, 0.15) is 22.9 Å². The van der Waals surface area contributed by atoms with Crippen molar-refractivity contribution in [3.05, 3.63) is 35.7 Å². The van der Waals surface area contributed by atoms with Crippen molar-refractivity contribution in [3.63, 3.8) is 0 Å². The second-order valence-electron chi connectivity index (χ2n) is 8.30. The van der Waals surface area contributed by atoms with Gasteiger partial charge in [0.15, 0.2) is 9.84 Å². The molecule has 11 heteroatoms. The van der Waals surface area contributed by atoms with Gasteiger partial charge in [0.2, 0.25) is 0 Å². The van der Waals surface area contributed by atoms with Gasteiger partial charge in [-0.1, -0.05) is 6.07 Å². The molecule has 1 amide bonds. The molecule has 1 saturated heterocycles. The fourth-order valence-electron chi connectivity index (χ4n) is 3.80. The van der Waals surface area contributed by atoms with E-state index < -0.39 is 15.7 Å². The van der Waals surface area contributed by atoms with Crippen LogP contribution in [0.4, 0.5) is 15.0 Å². The topological polar surface area (TPSA) is 101 Å². The smallest absolute Gasteiger partial charge is 0.410 e. The fraction of sp³-hybridized carbons (Fsp3) is 0.409. The van der Waals surface area contributed by atoms with Crippen LogP contribution in [0.3, 0.4) is 0 Å². The highest BCUT2D eigenvalue weighted by Gasteiger charge is 2.25. The van der Waals surface area contributed by atoms with Crippen molar-refractivity contribution in [1.29, 1.82) is 0 Å². The summed E-state index contributed by atoms with van der Waals surface area (Å²) in [5, 5.41) is 5.32. The second kappa shape index (κ2) is 9.22. The summed E-state index contributed by atoms with van der Waals surface area (Å²) >= 11 is 1.44. The number of benzene rings is 1. The van der Waals surface area contributed by atoms with Crippen molar-refractivity contribution in [1.82, 2.24) is 14.9 Å².